The molecule has 0 saturated carbocycles. The van der Waals surface area contributed by atoms with E-state index in [4.69, 9.17) is 0 Å². The molecule has 1 amide bonds. The minimum absolute atomic E-state index is 0.0217. The van der Waals surface area contributed by atoms with Crippen LogP contribution in [0.4, 0.5) is 16.5 Å². The van der Waals surface area contributed by atoms with Crippen molar-refractivity contribution in [2.75, 3.05) is 16.4 Å². The van der Waals surface area contributed by atoms with Crippen LogP contribution in [-0.4, -0.2) is 27.6 Å². The van der Waals surface area contributed by atoms with Crippen molar-refractivity contribution in [2.45, 2.75) is 24.1 Å². The van der Waals surface area contributed by atoms with Crippen LogP contribution in [0.15, 0.2) is 46.8 Å². The van der Waals surface area contributed by atoms with Gasteiger partial charge in [0, 0.05) is 23.4 Å². The zero-order valence-electron chi connectivity index (χ0n) is 15.2. The summed E-state index contributed by atoms with van der Waals surface area (Å²) in [5, 5.41) is 15.1. The minimum atomic E-state index is 0.0217. The molecule has 2 aromatic carbocycles. The average Bonchev–Trinajstić information content (AvgIpc) is 3.13. The van der Waals surface area contributed by atoms with Gasteiger partial charge in [-0.15, -0.1) is 10.2 Å². The smallest absolute Gasteiger partial charge is 0.224 e. The molecule has 0 radical (unpaired) electrons. The van der Waals surface area contributed by atoms with Crippen LogP contribution in [0.2, 0.25) is 0 Å². The number of carbonyl (C=O) groups excluding carboxylic acids is 2. The second-order valence-electron chi connectivity index (χ2n) is 6.50. The highest BCUT2D eigenvalue weighted by Gasteiger charge is 2.17. The summed E-state index contributed by atoms with van der Waals surface area (Å²) in [5.41, 5.74) is 4.60. The lowest BCUT2D eigenvalue weighted by atomic mass is 9.99. The highest BCUT2D eigenvalue weighted by atomic mass is 32.2. The van der Waals surface area contributed by atoms with Crippen molar-refractivity contribution in [1.29, 1.82) is 0 Å². The molecule has 1 aliphatic rings. The third-order valence-corrected chi connectivity index (χ3v) is 6.30. The van der Waals surface area contributed by atoms with Crippen LogP contribution < -0.4 is 10.6 Å². The topological polar surface area (TPSA) is 84.0 Å². The van der Waals surface area contributed by atoms with Gasteiger partial charge in [-0.2, -0.15) is 0 Å². The molecule has 0 unspecified atom stereocenters. The quantitative estimate of drug-likeness (QED) is 0.461. The van der Waals surface area contributed by atoms with Crippen LogP contribution in [0, 0.1) is 6.92 Å². The van der Waals surface area contributed by atoms with Crippen LogP contribution in [0.5, 0.6) is 0 Å². The maximum absolute atomic E-state index is 12.5. The van der Waals surface area contributed by atoms with E-state index in [0.717, 1.165) is 21.3 Å². The first kappa shape index (κ1) is 18.6. The molecule has 0 bridgehead atoms. The largest absolute Gasteiger partial charge is 0.330 e. The third-order valence-electron chi connectivity index (χ3n) is 4.33. The van der Waals surface area contributed by atoms with Crippen LogP contribution in [0.25, 0.3) is 0 Å². The second-order valence-corrected chi connectivity index (χ2v) is 8.70. The first-order valence-electron chi connectivity index (χ1n) is 8.83. The Balaban J connectivity index is 1.36. The molecule has 4 rings (SSSR count). The van der Waals surface area contributed by atoms with Crippen LogP contribution >= 0.6 is 23.1 Å². The Morgan fingerprint density at radius 3 is 2.96 bits per heavy atom. The number of thioether (sulfide) groups is 1. The van der Waals surface area contributed by atoms with Crippen molar-refractivity contribution in [3.05, 3.63) is 59.2 Å². The van der Waals surface area contributed by atoms with Gasteiger partial charge in [0.25, 0.3) is 0 Å². The zero-order chi connectivity index (χ0) is 19.5. The Morgan fingerprint density at radius 2 is 2.11 bits per heavy atom. The van der Waals surface area contributed by atoms with Crippen LogP contribution in [-0.2, 0) is 11.2 Å². The molecule has 2 heterocycles. The average molecular weight is 411 g/mol. The zero-order valence-corrected chi connectivity index (χ0v) is 16.8. The van der Waals surface area contributed by atoms with Gasteiger partial charge >= 0.3 is 0 Å². The normalized spacial score (nSPS) is 13.0. The van der Waals surface area contributed by atoms with Crippen molar-refractivity contribution < 1.29 is 9.59 Å². The van der Waals surface area contributed by atoms with E-state index in [-0.39, 0.29) is 11.7 Å². The van der Waals surface area contributed by atoms with E-state index in [1.54, 1.807) is 12.1 Å². The summed E-state index contributed by atoms with van der Waals surface area (Å²) in [6.45, 7) is 2.03. The summed E-state index contributed by atoms with van der Waals surface area (Å²) in [6, 6.07) is 13.5. The Hall–Kier alpha value is -2.71. The van der Waals surface area contributed by atoms with Crippen LogP contribution in [0.1, 0.15) is 27.9 Å². The van der Waals surface area contributed by atoms with Gasteiger partial charge in [0.15, 0.2) is 10.1 Å². The number of anilines is 3. The van der Waals surface area contributed by atoms with E-state index >= 15 is 0 Å². The molecule has 3 aromatic rings. The Kier molecular flexibility index (Phi) is 5.40. The van der Waals surface area contributed by atoms with E-state index < -0.39 is 0 Å². The Bertz CT molecular complexity index is 1050. The van der Waals surface area contributed by atoms with E-state index in [1.165, 1.54) is 28.7 Å². The fourth-order valence-electron chi connectivity index (χ4n) is 2.93. The molecule has 0 fully saturated rings. The van der Waals surface area contributed by atoms with Crippen molar-refractivity contribution in [3.63, 3.8) is 0 Å². The molecule has 0 saturated heterocycles. The van der Waals surface area contributed by atoms with Crippen molar-refractivity contribution in [3.8, 4) is 0 Å². The monoisotopic (exact) mass is 410 g/mol. The number of Topliss-reactive ketones (excluding diaryl/α,β-unsaturated/α-hetero) is 1. The molecular weight excluding hydrogens is 392 g/mol. The number of carbonyl (C=O) groups is 2. The van der Waals surface area contributed by atoms with Gasteiger partial charge in [-0.1, -0.05) is 35.2 Å². The van der Waals surface area contributed by atoms with E-state index in [2.05, 4.69) is 20.8 Å². The second kappa shape index (κ2) is 8.12. The lowest BCUT2D eigenvalue weighted by Gasteiger charge is -2.17. The number of ketones is 1. The molecular formula is C20H18N4O2S2. The maximum atomic E-state index is 12.5. The molecule has 28 heavy (non-hydrogen) atoms. The lowest BCUT2D eigenvalue weighted by molar-refractivity contribution is -0.116. The number of fused-ring (bicyclic) bond motifs is 1. The number of nitrogens with one attached hydrogen (secondary N) is 2. The minimum Gasteiger partial charge on any atom is -0.330 e. The van der Waals surface area contributed by atoms with Gasteiger partial charge in [0.1, 0.15) is 0 Å². The highest BCUT2D eigenvalue weighted by Crippen LogP contribution is 2.29. The number of amides is 1. The molecule has 0 atom stereocenters. The number of aromatic nitrogens is 2. The fraction of sp³-hybridized carbons (Fsp3) is 0.200. The number of rotatable bonds is 6. The molecule has 0 spiro atoms. The Morgan fingerprint density at radius 1 is 1.21 bits per heavy atom. The summed E-state index contributed by atoms with van der Waals surface area (Å²) in [7, 11) is 0. The molecule has 0 aliphatic carbocycles. The number of aryl methyl sites for hydroxylation is 2. The molecule has 2 N–H and O–H groups in total. The SMILES string of the molecule is Cc1cccc(Nc2nnc(SCC(=O)c3ccc4c(c3)CCC(=O)N4)s2)c1. The number of hydrogen-bond acceptors (Lipinski definition) is 7. The number of nitrogens with zero attached hydrogens (tertiary/aromatic N) is 2. The summed E-state index contributed by atoms with van der Waals surface area (Å²) in [5.74, 6) is 0.353. The summed E-state index contributed by atoms with van der Waals surface area (Å²) in [6.07, 6.45) is 1.13. The van der Waals surface area contributed by atoms with Gasteiger partial charge < -0.3 is 10.6 Å². The summed E-state index contributed by atoms with van der Waals surface area (Å²) >= 11 is 2.81. The van der Waals surface area contributed by atoms with Gasteiger partial charge in [0.05, 0.1) is 5.75 Å². The number of benzene rings is 2. The predicted octanol–water partition coefficient (Wildman–Crippen LogP) is 4.45. The molecule has 6 nitrogen and oxygen atoms in total. The van der Waals surface area contributed by atoms with Gasteiger partial charge in [-0.05, 0) is 54.8 Å². The molecule has 8 heteroatoms. The van der Waals surface area contributed by atoms with Gasteiger partial charge in [-0.3, -0.25) is 9.59 Å². The van der Waals surface area contributed by atoms with Crippen molar-refractivity contribution >= 4 is 51.3 Å². The Labute approximate surface area is 170 Å². The van der Waals surface area contributed by atoms with Crippen molar-refractivity contribution in [2.24, 2.45) is 0 Å². The first-order valence-corrected chi connectivity index (χ1v) is 10.6. The molecule has 1 aromatic heterocycles. The van der Waals surface area contributed by atoms with E-state index in [0.29, 0.717) is 29.3 Å². The van der Waals surface area contributed by atoms with Gasteiger partial charge in [-0.25, -0.2) is 0 Å². The van der Waals surface area contributed by atoms with E-state index in [9.17, 15) is 9.59 Å². The highest BCUT2D eigenvalue weighted by molar-refractivity contribution is 8.01. The summed E-state index contributed by atoms with van der Waals surface area (Å²) < 4.78 is 0.744. The fourth-order valence-corrected chi connectivity index (χ4v) is 4.60. The number of hydrogen-bond donors (Lipinski definition) is 2. The van der Waals surface area contributed by atoms with Crippen LogP contribution in [0.3, 0.4) is 0 Å². The van der Waals surface area contributed by atoms with E-state index in [1.807, 2.05) is 37.3 Å². The standard InChI is InChI=1S/C20H18N4O2S2/c1-12-3-2-4-15(9-12)21-19-23-24-20(28-19)27-11-17(25)14-5-7-16-13(10-14)6-8-18(26)22-16/h2-5,7,9-10H,6,8,11H2,1H3,(H,21,23)(H,22,26). The summed E-state index contributed by atoms with van der Waals surface area (Å²) in [4.78, 5) is 24.0. The van der Waals surface area contributed by atoms with Gasteiger partial charge in [0.2, 0.25) is 11.0 Å². The molecule has 1 aliphatic heterocycles. The van der Waals surface area contributed by atoms with Crippen molar-refractivity contribution in [1.82, 2.24) is 10.2 Å². The molecule has 142 valence electrons. The lowest BCUT2D eigenvalue weighted by Crippen LogP contribution is -2.19. The maximum Gasteiger partial charge on any atom is 0.224 e. The first-order chi connectivity index (χ1) is 13.6. The third kappa shape index (κ3) is 4.40. The predicted molar refractivity (Wildman–Crippen MR) is 113 cm³/mol.